The van der Waals surface area contributed by atoms with Crippen LogP contribution in [0, 0.1) is 5.82 Å². The molecule has 2 aromatic rings. The van der Waals surface area contributed by atoms with E-state index in [0.29, 0.717) is 8.81 Å². The topological polar surface area (TPSA) is 12.0 Å². The lowest BCUT2D eigenvalue weighted by Crippen LogP contribution is -2.22. The van der Waals surface area contributed by atoms with Crippen molar-refractivity contribution >= 4 is 54.8 Å². The third kappa shape index (κ3) is 3.83. The second kappa shape index (κ2) is 7.36. The van der Waals surface area contributed by atoms with Crippen LogP contribution >= 0.6 is 54.8 Å². The van der Waals surface area contributed by atoms with E-state index in [9.17, 15) is 4.39 Å². The van der Waals surface area contributed by atoms with E-state index in [2.05, 4.69) is 44.1 Å². The number of hydrogen-bond acceptors (Lipinski definition) is 2. The number of benzene rings is 1. The van der Waals surface area contributed by atoms with Crippen LogP contribution in [0.15, 0.2) is 33.2 Å². The summed E-state index contributed by atoms with van der Waals surface area (Å²) in [5.41, 5.74) is 0.893. The molecule has 0 radical (unpaired) electrons. The molecule has 6 heteroatoms. The average molecular weight is 442 g/mol. The highest BCUT2D eigenvalue weighted by molar-refractivity contribution is 9.10. The molecular formula is C14H13Br2ClFNS. The van der Waals surface area contributed by atoms with Crippen molar-refractivity contribution in [3.05, 3.63) is 53.8 Å². The van der Waals surface area contributed by atoms with Crippen molar-refractivity contribution in [3.8, 4) is 0 Å². The molecule has 1 aromatic heterocycles. The Bertz CT molecular complexity index is 583. The molecule has 0 bridgehead atoms. The van der Waals surface area contributed by atoms with Gasteiger partial charge in [-0.2, -0.15) is 0 Å². The lowest BCUT2D eigenvalue weighted by molar-refractivity contribution is 0.588. The van der Waals surface area contributed by atoms with Crippen molar-refractivity contribution in [2.45, 2.75) is 19.4 Å². The molecule has 1 aromatic carbocycles. The molecule has 0 saturated carbocycles. The summed E-state index contributed by atoms with van der Waals surface area (Å²) >= 11 is 14.2. The summed E-state index contributed by atoms with van der Waals surface area (Å²) in [6.45, 7) is 2.96. The standard InChI is InChI=1S/C14H13Br2ClFNS/c1-2-5-19-13(12-7-10(16)14(17)20-12)8-3-4-9(15)11(18)6-8/h3-4,6-7,13,19H,2,5H2,1H3. The smallest absolute Gasteiger partial charge is 0.137 e. The lowest BCUT2D eigenvalue weighted by atomic mass is 10.1. The number of halogens is 4. The summed E-state index contributed by atoms with van der Waals surface area (Å²) in [4.78, 5) is 1.07. The van der Waals surface area contributed by atoms with Gasteiger partial charge in [-0.05, 0) is 68.6 Å². The summed E-state index contributed by atoms with van der Waals surface area (Å²) in [5, 5.41) is 3.44. The summed E-state index contributed by atoms with van der Waals surface area (Å²) < 4.78 is 15.8. The van der Waals surface area contributed by atoms with Crippen LogP contribution in [-0.2, 0) is 0 Å². The van der Waals surface area contributed by atoms with Gasteiger partial charge in [0.15, 0.2) is 0 Å². The molecule has 0 aliphatic heterocycles. The van der Waals surface area contributed by atoms with Gasteiger partial charge in [0.2, 0.25) is 0 Å². The number of nitrogens with one attached hydrogen (secondary N) is 1. The van der Waals surface area contributed by atoms with Crippen molar-refractivity contribution < 1.29 is 4.39 Å². The first kappa shape index (κ1) is 16.4. The Kier molecular flexibility index (Phi) is 6.05. The zero-order valence-corrected chi connectivity index (χ0v) is 15.5. The number of thiophene rings is 1. The Morgan fingerprint density at radius 2 is 2.05 bits per heavy atom. The molecule has 0 aliphatic carbocycles. The van der Waals surface area contributed by atoms with Crippen molar-refractivity contribution in [3.63, 3.8) is 0 Å². The molecule has 0 fully saturated rings. The minimum absolute atomic E-state index is 0.0497. The van der Waals surface area contributed by atoms with Gasteiger partial charge in [-0.1, -0.05) is 24.6 Å². The molecule has 1 nitrogen and oxygen atoms in total. The van der Waals surface area contributed by atoms with Gasteiger partial charge in [-0.15, -0.1) is 11.3 Å². The van der Waals surface area contributed by atoms with Crippen molar-refractivity contribution in [2.75, 3.05) is 6.54 Å². The molecule has 2 rings (SSSR count). The predicted octanol–water partition coefficient (Wildman–Crippen LogP) is 6.15. The molecule has 20 heavy (non-hydrogen) atoms. The van der Waals surface area contributed by atoms with E-state index in [4.69, 9.17) is 11.6 Å². The highest BCUT2D eigenvalue weighted by atomic mass is 79.9. The maximum Gasteiger partial charge on any atom is 0.137 e. The minimum Gasteiger partial charge on any atom is -0.306 e. The third-order valence-corrected chi connectivity index (χ3v) is 6.01. The van der Waals surface area contributed by atoms with E-state index < -0.39 is 0 Å². The number of rotatable bonds is 5. The van der Waals surface area contributed by atoms with Crippen LogP contribution in [0.5, 0.6) is 0 Å². The monoisotopic (exact) mass is 439 g/mol. The third-order valence-electron chi connectivity index (χ3n) is 2.82. The zero-order chi connectivity index (χ0) is 14.7. The largest absolute Gasteiger partial charge is 0.306 e. The van der Waals surface area contributed by atoms with Crippen LogP contribution in [0.1, 0.15) is 29.8 Å². The SMILES string of the molecule is CCCNC(c1ccc(Br)c(F)c1)c1cc(Br)c(Cl)s1. The fraction of sp³-hybridized carbons (Fsp3) is 0.286. The molecule has 108 valence electrons. The van der Waals surface area contributed by atoms with E-state index in [1.54, 1.807) is 12.1 Å². The molecular weight excluding hydrogens is 428 g/mol. The highest BCUT2D eigenvalue weighted by Crippen LogP contribution is 2.37. The van der Waals surface area contributed by atoms with Crippen LogP contribution < -0.4 is 5.32 Å². The summed E-state index contributed by atoms with van der Waals surface area (Å²) in [6, 6.07) is 7.14. The second-order valence-corrected chi connectivity index (χ2v) is 7.73. The summed E-state index contributed by atoms with van der Waals surface area (Å²) in [7, 11) is 0. The Balaban J connectivity index is 2.38. The van der Waals surface area contributed by atoms with Gasteiger partial charge >= 0.3 is 0 Å². The molecule has 0 spiro atoms. The van der Waals surface area contributed by atoms with Crippen molar-refractivity contribution in [1.82, 2.24) is 5.32 Å². The van der Waals surface area contributed by atoms with Gasteiger partial charge in [0.25, 0.3) is 0 Å². The maximum absolute atomic E-state index is 13.8. The van der Waals surface area contributed by atoms with Crippen molar-refractivity contribution in [1.29, 1.82) is 0 Å². The minimum atomic E-state index is -0.257. The van der Waals surface area contributed by atoms with Gasteiger partial charge in [-0.25, -0.2) is 4.39 Å². The van der Waals surface area contributed by atoms with Crippen LogP contribution in [0.25, 0.3) is 0 Å². The Hall–Kier alpha value is 0.0600. The van der Waals surface area contributed by atoms with Crippen LogP contribution in [0.4, 0.5) is 4.39 Å². The molecule has 0 aliphatic rings. The molecule has 1 N–H and O–H groups in total. The molecule has 1 atom stereocenters. The van der Waals surface area contributed by atoms with Gasteiger partial charge in [-0.3, -0.25) is 0 Å². The quantitative estimate of drug-likeness (QED) is 0.586. The molecule has 1 unspecified atom stereocenters. The maximum atomic E-state index is 13.8. The Morgan fingerprint density at radius 1 is 1.30 bits per heavy atom. The van der Waals surface area contributed by atoms with Crippen LogP contribution in [0.2, 0.25) is 4.34 Å². The molecule has 0 saturated heterocycles. The molecule has 0 amide bonds. The normalized spacial score (nSPS) is 12.7. The average Bonchev–Trinajstić information content (AvgIpc) is 2.74. The zero-order valence-electron chi connectivity index (χ0n) is 10.7. The van der Waals surface area contributed by atoms with E-state index in [1.165, 1.54) is 11.3 Å². The van der Waals surface area contributed by atoms with Gasteiger partial charge in [0.1, 0.15) is 10.2 Å². The first-order chi connectivity index (χ1) is 9.52. The molecule has 1 heterocycles. The van der Waals surface area contributed by atoms with Gasteiger partial charge in [0, 0.05) is 9.35 Å². The second-order valence-electron chi connectivity index (χ2n) is 4.33. The summed E-state index contributed by atoms with van der Waals surface area (Å²) in [5.74, 6) is -0.257. The first-order valence-electron chi connectivity index (χ1n) is 6.16. The number of hydrogen-bond donors (Lipinski definition) is 1. The Morgan fingerprint density at radius 3 is 2.60 bits per heavy atom. The summed E-state index contributed by atoms with van der Waals surface area (Å²) in [6.07, 6.45) is 1.01. The van der Waals surface area contributed by atoms with Crippen LogP contribution in [-0.4, -0.2) is 6.54 Å². The first-order valence-corrected chi connectivity index (χ1v) is 8.94. The van der Waals surface area contributed by atoms with E-state index in [1.807, 2.05) is 12.1 Å². The van der Waals surface area contributed by atoms with Gasteiger partial charge in [0.05, 0.1) is 10.5 Å². The lowest BCUT2D eigenvalue weighted by Gasteiger charge is -2.18. The predicted molar refractivity (Wildman–Crippen MR) is 91.3 cm³/mol. The van der Waals surface area contributed by atoms with E-state index in [0.717, 1.165) is 27.9 Å². The van der Waals surface area contributed by atoms with Crippen LogP contribution in [0.3, 0.4) is 0 Å². The van der Waals surface area contributed by atoms with Crippen molar-refractivity contribution in [2.24, 2.45) is 0 Å². The highest BCUT2D eigenvalue weighted by Gasteiger charge is 2.18. The fourth-order valence-electron chi connectivity index (χ4n) is 1.87. The Labute approximate surface area is 143 Å². The van der Waals surface area contributed by atoms with E-state index >= 15 is 0 Å². The fourth-order valence-corrected chi connectivity index (χ4v) is 3.96. The van der Waals surface area contributed by atoms with Gasteiger partial charge < -0.3 is 5.32 Å². The van der Waals surface area contributed by atoms with E-state index in [-0.39, 0.29) is 11.9 Å².